The van der Waals surface area contributed by atoms with Crippen molar-refractivity contribution in [2.45, 2.75) is 26.9 Å². The van der Waals surface area contributed by atoms with Gasteiger partial charge in [0.05, 0.1) is 4.92 Å². The van der Waals surface area contributed by atoms with Gasteiger partial charge in [0.15, 0.2) is 6.10 Å². The highest BCUT2D eigenvalue weighted by Crippen LogP contribution is 2.20. The molecular formula is C18H18N2O5. The largest absolute Gasteiger partial charge is 0.449 e. The predicted molar refractivity (Wildman–Crippen MR) is 92.5 cm³/mol. The molecular weight excluding hydrogens is 324 g/mol. The van der Waals surface area contributed by atoms with Gasteiger partial charge in [-0.1, -0.05) is 29.8 Å². The first-order valence-electron chi connectivity index (χ1n) is 7.62. The number of carbonyl (C=O) groups excluding carboxylic acids is 2. The van der Waals surface area contributed by atoms with E-state index in [1.807, 2.05) is 26.0 Å². The van der Waals surface area contributed by atoms with Gasteiger partial charge in [-0.15, -0.1) is 0 Å². The van der Waals surface area contributed by atoms with E-state index in [1.165, 1.54) is 31.2 Å². The summed E-state index contributed by atoms with van der Waals surface area (Å²) >= 11 is 0. The Morgan fingerprint density at radius 2 is 1.84 bits per heavy atom. The minimum Gasteiger partial charge on any atom is -0.449 e. The summed E-state index contributed by atoms with van der Waals surface area (Å²) < 4.78 is 5.07. The smallest absolute Gasteiger partial charge is 0.345 e. The van der Waals surface area contributed by atoms with E-state index in [-0.39, 0.29) is 11.3 Å². The molecule has 7 nitrogen and oxygen atoms in total. The number of nitrogens with one attached hydrogen (secondary N) is 1. The fourth-order valence-electron chi connectivity index (χ4n) is 2.27. The van der Waals surface area contributed by atoms with Crippen LogP contribution in [0.3, 0.4) is 0 Å². The molecule has 0 saturated carbocycles. The molecule has 0 aromatic heterocycles. The quantitative estimate of drug-likeness (QED) is 0.510. The second-order valence-electron chi connectivity index (χ2n) is 5.63. The van der Waals surface area contributed by atoms with E-state index in [1.54, 1.807) is 6.07 Å². The number of para-hydroxylation sites is 1. The summed E-state index contributed by atoms with van der Waals surface area (Å²) in [7, 11) is 0. The minimum atomic E-state index is -1.10. The van der Waals surface area contributed by atoms with Gasteiger partial charge in [-0.25, -0.2) is 4.79 Å². The summed E-state index contributed by atoms with van der Waals surface area (Å²) in [4.78, 5) is 34.7. The standard InChI is InChI=1S/C18H18N2O5/c1-11-8-9-15(12(2)10-11)19-17(21)13(3)25-18(22)14-6-4-5-7-16(14)20(23)24/h4-10,13H,1-3H3,(H,19,21)/t13-/m0/s1. The van der Waals surface area contributed by atoms with Gasteiger partial charge < -0.3 is 10.1 Å². The molecule has 0 aliphatic carbocycles. The van der Waals surface area contributed by atoms with Gasteiger partial charge in [0.25, 0.3) is 11.6 Å². The van der Waals surface area contributed by atoms with Gasteiger partial charge in [-0.05, 0) is 38.5 Å². The molecule has 130 valence electrons. The third-order valence-electron chi connectivity index (χ3n) is 3.61. The Hall–Kier alpha value is -3.22. The summed E-state index contributed by atoms with van der Waals surface area (Å²) in [6, 6.07) is 11.0. The second-order valence-corrected chi connectivity index (χ2v) is 5.63. The number of benzene rings is 2. The van der Waals surface area contributed by atoms with Crippen molar-refractivity contribution in [3.8, 4) is 0 Å². The normalized spacial score (nSPS) is 11.5. The lowest BCUT2D eigenvalue weighted by Crippen LogP contribution is -2.30. The maximum absolute atomic E-state index is 12.2. The molecule has 0 bridgehead atoms. The van der Waals surface area contributed by atoms with E-state index < -0.39 is 22.9 Å². The summed E-state index contributed by atoms with van der Waals surface area (Å²) in [6.07, 6.45) is -1.10. The molecule has 25 heavy (non-hydrogen) atoms. The van der Waals surface area contributed by atoms with Gasteiger partial charge in [0.1, 0.15) is 5.56 Å². The zero-order chi connectivity index (χ0) is 18.6. The first-order chi connectivity index (χ1) is 11.8. The van der Waals surface area contributed by atoms with Crippen LogP contribution >= 0.6 is 0 Å². The van der Waals surface area contributed by atoms with Crippen molar-refractivity contribution >= 4 is 23.3 Å². The van der Waals surface area contributed by atoms with Crippen LogP contribution in [0, 0.1) is 24.0 Å². The first-order valence-corrected chi connectivity index (χ1v) is 7.62. The van der Waals surface area contributed by atoms with E-state index in [4.69, 9.17) is 4.74 Å². The van der Waals surface area contributed by atoms with Crippen molar-refractivity contribution in [1.82, 2.24) is 0 Å². The third-order valence-corrected chi connectivity index (χ3v) is 3.61. The van der Waals surface area contributed by atoms with Crippen molar-refractivity contribution in [1.29, 1.82) is 0 Å². The Kier molecular flexibility index (Phi) is 5.49. The van der Waals surface area contributed by atoms with Gasteiger partial charge in [0.2, 0.25) is 0 Å². The number of nitrogens with zero attached hydrogens (tertiary/aromatic N) is 1. The summed E-state index contributed by atoms with van der Waals surface area (Å²) in [5.74, 6) is -1.44. The lowest BCUT2D eigenvalue weighted by atomic mass is 10.1. The van der Waals surface area contributed by atoms with Crippen LogP contribution in [0.25, 0.3) is 0 Å². The molecule has 1 amide bonds. The molecule has 0 heterocycles. The molecule has 0 aliphatic heterocycles. The van der Waals surface area contributed by atoms with Crippen molar-refractivity contribution in [2.24, 2.45) is 0 Å². The number of rotatable bonds is 5. The van der Waals surface area contributed by atoms with Crippen molar-refractivity contribution in [3.05, 3.63) is 69.3 Å². The Morgan fingerprint density at radius 1 is 1.16 bits per heavy atom. The summed E-state index contributed by atoms with van der Waals surface area (Å²) in [5, 5.41) is 13.7. The Morgan fingerprint density at radius 3 is 2.48 bits per heavy atom. The molecule has 2 aromatic carbocycles. The monoisotopic (exact) mass is 342 g/mol. The van der Waals surface area contributed by atoms with Crippen LogP contribution in [0.4, 0.5) is 11.4 Å². The van der Waals surface area contributed by atoms with Crippen LogP contribution in [-0.4, -0.2) is 22.9 Å². The highest BCUT2D eigenvalue weighted by molar-refractivity contribution is 5.99. The van der Waals surface area contributed by atoms with Gasteiger partial charge in [0, 0.05) is 11.8 Å². The zero-order valence-corrected chi connectivity index (χ0v) is 14.1. The summed E-state index contributed by atoms with van der Waals surface area (Å²) in [6.45, 7) is 5.20. The fraction of sp³-hybridized carbons (Fsp3) is 0.222. The minimum absolute atomic E-state index is 0.196. The van der Waals surface area contributed by atoms with E-state index in [9.17, 15) is 19.7 Å². The highest BCUT2D eigenvalue weighted by Gasteiger charge is 2.25. The number of amides is 1. The van der Waals surface area contributed by atoms with E-state index >= 15 is 0 Å². The number of hydrogen-bond acceptors (Lipinski definition) is 5. The predicted octanol–water partition coefficient (Wildman–Crippen LogP) is 3.40. The summed E-state index contributed by atoms with van der Waals surface area (Å²) in [5.41, 5.74) is 1.99. The van der Waals surface area contributed by atoms with Crippen LogP contribution in [-0.2, 0) is 9.53 Å². The SMILES string of the molecule is Cc1ccc(NC(=O)[C@H](C)OC(=O)c2ccccc2[N+](=O)[O-])c(C)c1. The molecule has 1 N–H and O–H groups in total. The molecule has 0 aliphatic rings. The van der Waals surface area contributed by atoms with Gasteiger partial charge in [-0.3, -0.25) is 14.9 Å². The number of ether oxygens (including phenoxy) is 1. The maximum atomic E-state index is 12.2. The number of aryl methyl sites for hydroxylation is 2. The van der Waals surface area contributed by atoms with E-state index in [2.05, 4.69) is 5.32 Å². The molecule has 0 radical (unpaired) electrons. The van der Waals surface area contributed by atoms with Crippen LogP contribution in [0.15, 0.2) is 42.5 Å². The van der Waals surface area contributed by atoms with Crippen molar-refractivity contribution in [3.63, 3.8) is 0 Å². The molecule has 7 heteroatoms. The average molecular weight is 342 g/mol. The lowest BCUT2D eigenvalue weighted by molar-refractivity contribution is -0.385. The topological polar surface area (TPSA) is 98.5 Å². The molecule has 2 rings (SSSR count). The Labute approximate surface area is 144 Å². The maximum Gasteiger partial charge on any atom is 0.345 e. The van der Waals surface area contributed by atoms with Crippen molar-refractivity contribution < 1.29 is 19.2 Å². The fourth-order valence-corrected chi connectivity index (χ4v) is 2.27. The van der Waals surface area contributed by atoms with Crippen molar-refractivity contribution in [2.75, 3.05) is 5.32 Å². The number of hydrogen-bond donors (Lipinski definition) is 1. The van der Waals surface area contributed by atoms with Crippen LogP contribution < -0.4 is 5.32 Å². The van der Waals surface area contributed by atoms with E-state index in [0.29, 0.717) is 5.69 Å². The first kappa shape index (κ1) is 18.1. The molecule has 0 saturated heterocycles. The third kappa shape index (κ3) is 4.41. The molecule has 0 fully saturated rings. The van der Waals surface area contributed by atoms with Crippen LogP contribution in [0.2, 0.25) is 0 Å². The zero-order valence-electron chi connectivity index (χ0n) is 14.1. The number of nitro benzene ring substituents is 1. The number of esters is 1. The molecule has 0 unspecified atom stereocenters. The number of anilines is 1. The Bertz CT molecular complexity index is 832. The Balaban J connectivity index is 2.08. The average Bonchev–Trinajstić information content (AvgIpc) is 2.57. The second kappa shape index (κ2) is 7.57. The highest BCUT2D eigenvalue weighted by atomic mass is 16.6. The molecule has 1 atom stereocenters. The number of carbonyl (C=O) groups is 2. The van der Waals surface area contributed by atoms with Crippen LogP contribution in [0.5, 0.6) is 0 Å². The van der Waals surface area contributed by atoms with Crippen LogP contribution in [0.1, 0.15) is 28.4 Å². The lowest BCUT2D eigenvalue weighted by Gasteiger charge is -2.15. The van der Waals surface area contributed by atoms with Gasteiger partial charge >= 0.3 is 5.97 Å². The molecule has 0 spiro atoms. The number of nitro groups is 1. The van der Waals surface area contributed by atoms with Gasteiger partial charge in [-0.2, -0.15) is 0 Å². The van der Waals surface area contributed by atoms with E-state index in [0.717, 1.165) is 11.1 Å². The molecule has 2 aromatic rings.